The van der Waals surface area contributed by atoms with Crippen LogP contribution in [0.3, 0.4) is 0 Å². The molecule has 1 aliphatic rings. The maximum absolute atomic E-state index is 9.20. The molecule has 0 aliphatic carbocycles. The van der Waals surface area contributed by atoms with Gasteiger partial charge in [0, 0.05) is 12.2 Å². The van der Waals surface area contributed by atoms with Crippen LogP contribution < -0.4 is 0 Å². The van der Waals surface area contributed by atoms with Gasteiger partial charge in [-0.25, -0.2) is 0 Å². The number of ether oxygens (including phenoxy) is 2. The average molecular weight is 224 g/mol. The Labute approximate surface area is 94.4 Å². The van der Waals surface area contributed by atoms with Gasteiger partial charge < -0.3 is 19.7 Å². The minimum atomic E-state index is -0.770. The molecule has 0 aromatic heterocycles. The topological polar surface area (TPSA) is 58.9 Å². The van der Waals surface area contributed by atoms with E-state index in [4.69, 9.17) is 14.6 Å². The third-order valence-corrected chi connectivity index (χ3v) is 2.78. The van der Waals surface area contributed by atoms with Crippen molar-refractivity contribution < 1.29 is 19.7 Å². The van der Waals surface area contributed by atoms with Gasteiger partial charge in [0.05, 0.1) is 12.7 Å². The summed E-state index contributed by atoms with van der Waals surface area (Å²) in [4.78, 5) is 0. The highest BCUT2D eigenvalue weighted by atomic mass is 16.7. The molecular weight excluding hydrogens is 208 g/mol. The number of aliphatic hydroxyl groups is 1. The molecule has 0 saturated carbocycles. The van der Waals surface area contributed by atoms with Gasteiger partial charge in [0.25, 0.3) is 0 Å². The Morgan fingerprint density at radius 3 is 2.69 bits per heavy atom. The molecule has 2 N–H and O–H groups in total. The summed E-state index contributed by atoms with van der Waals surface area (Å²) in [7, 11) is 0. The molecule has 1 aromatic carbocycles. The second kappa shape index (κ2) is 4.41. The lowest BCUT2D eigenvalue weighted by Gasteiger charge is -2.23. The van der Waals surface area contributed by atoms with Gasteiger partial charge in [-0.3, -0.25) is 0 Å². The van der Waals surface area contributed by atoms with Crippen molar-refractivity contribution in [3.05, 3.63) is 29.8 Å². The number of rotatable bonds is 3. The Balaban J connectivity index is 2.12. The van der Waals surface area contributed by atoms with Gasteiger partial charge in [0.15, 0.2) is 5.79 Å². The molecular formula is C12H16O4. The summed E-state index contributed by atoms with van der Waals surface area (Å²) in [5.41, 5.74) is 0.866. The number of aliphatic hydroxyl groups excluding tert-OH is 1. The largest absolute Gasteiger partial charge is 0.508 e. The first kappa shape index (κ1) is 11.4. The van der Waals surface area contributed by atoms with E-state index >= 15 is 0 Å². The normalized spacial score (nSPS) is 29.5. The lowest BCUT2D eigenvalue weighted by molar-refractivity contribution is -0.163. The summed E-state index contributed by atoms with van der Waals surface area (Å²) >= 11 is 0. The summed E-state index contributed by atoms with van der Waals surface area (Å²) in [6, 6.07) is 6.76. The van der Waals surface area contributed by atoms with Crippen molar-refractivity contribution in [2.45, 2.75) is 25.2 Å². The first-order chi connectivity index (χ1) is 7.64. The zero-order valence-corrected chi connectivity index (χ0v) is 9.22. The summed E-state index contributed by atoms with van der Waals surface area (Å²) in [5.74, 6) is -0.551. The van der Waals surface area contributed by atoms with E-state index in [1.54, 1.807) is 24.3 Å². The van der Waals surface area contributed by atoms with Gasteiger partial charge in [0.1, 0.15) is 5.75 Å². The predicted octanol–water partition coefficient (Wildman–Crippen LogP) is 1.36. The molecule has 16 heavy (non-hydrogen) atoms. The fraction of sp³-hybridized carbons (Fsp3) is 0.500. The van der Waals surface area contributed by atoms with Crippen molar-refractivity contribution in [3.8, 4) is 5.75 Å². The lowest BCUT2D eigenvalue weighted by Crippen LogP contribution is -2.24. The Bertz CT molecular complexity index is 349. The molecule has 1 heterocycles. The summed E-state index contributed by atoms with van der Waals surface area (Å²) in [5, 5.41) is 18.0. The third-order valence-electron chi connectivity index (χ3n) is 2.78. The highest BCUT2D eigenvalue weighted by Crippen LogP contribution is 2.35. The minimum absolute atomic E-state index is 0.0659. The molecule has 2 rings (SSSR count). The van der Waals surface area contributed by atoms with Gasteiger partial charge in [0.2, 0.25) is 0 Å². The van der Waals surface area contributed by atoms with E-state index < -0.39 is 5.79 Å². The van der Waals surface area contributed by atoms with Crippen LogP contribution in [0.5, 0.6) is 5.75 Å². The molecule has 2 unspecified atom stereocenters. The standard InChI is InChI=1S/C12H16O4/c1-12(9-2-4-10(14)5-3-9)15-8-11(16-12)6-7-13/h2-5,11,13-14H,6-8H2,1H3. The van der Waals surface area contributed by atoms with E-state index in [0.717, 1.165) is 5.56 Å². The Morgan fingerprint density at radius 1 is 1.38 bits per heavy atom. The summed E-state index contributed by atoms with van der Waals surface area (Å²) < 4.78 is 11.4. The quantitative estimate of drug-likeness (QED) is 0.814. The van der Waals surface area contributed by atoms with Crippen LogP contribution in [0.25, 0.3) is 0 Å². The highest BCUT2D eigenvalue weighted by molar-refractivity contribution is 5.28. The van der Waals surface area contributed by atoms with Crippen LogP contribution in [0.4, 0.5) is 0 Å². The van der Waals surface area contributed by atoms with E-state index in [-0.39, 0.29) is 18.5 Å². The number of hydrogen-bond donors (Lipinski definition) is 2. The van der Waals surface area contributed by atoms with E-state index in [1.807, 2.05) is 6.92 Å². The van der Waals surface area contributed by atoms with Crippen LogP contribution in [-0.4, -0.2) is 29.5 Å². The number of aromatic hydroxyl groups is 1. The Kier molecular flexibility index (Phi) is 3.14. The van der Waals surface area contributed by atoms with Gasteiger partial charge in [-0.15, -0.1) is 0 Å². The molecule has 0 radical (unpaired) electrons. The molecule has 1 saturated heterocycles. The Hall–Kier alpha value is -1.10. The van der Waals surface area contributed by atoms with Gasteiger partial charge in [-0.2, -0.15) is 0 Å². The average Bonchev–Trinajstić information content (AvgIpc) is 2.63. The molecule has 1 aliphatic heterocycles. The highest BCUT2D eigenvalue weighted by Gasteiger charge is 2.38. The van der Waals surface area contributed by atoms with Gasteiger partial charge in [-0.05, 0) is 37.6 Å². The van der Waals surface area contributed by atoms with E-state index in [0.29, 0.717) is 13.0 Å². The first-order valence-corrected chi connectivity index (χ1v) is 5.36. The van der Waals surface area contributed by atoms with Crippen LogP contribution in [0.1, 0.15) is 18.9 Å². The van der Waals surface area contributed by atoms with E-state index in [1.165, 1.54) is 0 Å². The second-order valence-corrected chi connectivity index (χ2v) is 4.06. The van der Waals surface area contributed by atoms with E-state index in [9.17, 15) is 5.11 Å². The van der Waals surface area contributed by atoms with Crippen molar-refractivity contribution in [2.75, 3.05) is 13.2 Å². The fourth-order valence-electron chi connectivity index (χ4n) is 1.84. The Morgan fingerprint density at radius 2 is 2.06 bits per heavy atom. The molecule has 1 aromatic rings. The third kappa shape index (κ3) is 2.19. The van der Waals surface area contributed by atoms with Crippen molar-refractivity contribution >= 4 is 0 Å². The van der Waals surface area contributed by atoms with Crippen LogP contribution >= 0.6 is 0 Å². The molecule has 0 amide bonds. The predicted molar refractivity (Wildman–Crippen MR) is 58.0 cm³/mol. The lowest BCUT2D eigenvalue weighted by atomic mass is 10.1. The van der Waals surface area contributed by atoms with Gasteiger partial charge >= 0.3 is 0 Å². The van der Waals surface area contributed by atoms with Crippen LogP contribution in [-0.2, 0) is 15.3 Å². The summed E-state index contributed by atoms with van der Waals surface area (Å²) in [6.07, 6.45) is 0.511. The van der Waals surface area contributed by atoms with Crippen LogP contribution in [0, 0.1) is 0 Å². The van der Waals surface area contributed by atoms with Crippen LogP contribution in [0.15, 0.2) is 24.3 Å². The number of benzene rings is 1. The molecule has 4 heteroatoms. The van der Waals surface area contributed by atoms with Gasteiger partial charge in [-0.1, -0.05) is 0 Å². The monoisotopic (exact) mass is 224 g/mol. The molecule has 0 spiro atoms. The maximum atomic E-state index is 9.20. The molecule has 1 fully saturated rings. The summed E-state index contributed by atoms with van der Waals surface area (Å²) in [6.45, 7) is 2.42. The maximum Gasteiger partial charge on any atom is 0.192 e. The molecule has 0 bridgehead atoms. The van der Waals surface area contributed by atoms with Crippen molar-refractivity contribution in [1.29, 1.82) is 0 Å². The zero-order valence-electron chi connectivity index (χ0n) is 9.22. The van der Waals surface area contributed by atoms with E-state index in [2.05, 4.69) is 0 Å². The fourth-order valence-corrected chi connectivity index (χ4v) is 1.84. The molecule has 4 nitrogen and oxygen atoms in total. The van der Waals surface area contributed by atoms with Crippen LogP contribution in [0.2, 0.25) is 0 Å². The minimum Gasteiger partial charge on any atom is -0.508 e. The molecule has 2 atom stereocenters. The smallest absolute Gasteiger partial charge is 0.192 e. The SMILES string of the molecule is CC1(c2ccc(O)cc2)OCC(CCO)O1. The number of hydrogen-bond acceptors (Lipinski definition) is 4. The zero-order chi connectivity index (χ0) is 11.6. The van der Waals surface area contributed by atoms with Crippen molar-refractivity contribution in [2.24, 2.45) is 0 Å². The number of phenolic OH excluding ortho intramolecular Hbond substituents is 1. The van der Waals surface area contributed by atoms with Crippen molar-refractivity contribution in [1.82, 2.24) is 0 Å². The van der Waals surface area contributed by atoms with Crippen molar-refractivity contribution in [3.63, 3.8) is 0 Å². The first-order valence-electron chi connectivity index (χ1n) is 5.36. The molecule has 88 valence electrons. The number of phenols is 1. The second-order valence-electron chi connectivity index (χ2n) is 4.06.